The fourth-order valence-electron chi connectivity index (χ4n) is 0.930. The molecule has 0 saturated heterocycles. The molecule has 0 spiro atoms. The Hall–Kier alpha value is -1.22. The van der Waals surface area contributed by atoms with Crippen LogP contribution in [-0.2, 0) is 6.42 Å². The summed E-state index contributed by atoms with van der Waals surface area (Å²) < 4.78 is 0. The predicted molar refractivity (Wildman–Crippen MR) is 51.9 cm³/mol. The summed E-state index contributed by atoms with van der Waals surface area (Å²) in [4.78, 5) is 0. The van der Waals surface area contributed by atoms with E-state index in [1.807, 2.05) is 13.8 Å². The van der Waals surface area contributed by atoms with Crippen molar-refractivity contribution in [3.05, 3.63) is 23.8 Å². The van der Waals surface area contributed by atoms with Gasteiger partial charge in [-0.25, -0.2) is 0 Å². The van der Waals surface area contributed by atoms with Crippen molar-refractivity contribution in [2.45, 2.75) is 20.3 Å². The van der Waals surface area contributed by atoms with Crippen LogP contribution >= 0.6 is 0 Å². The van der Waals surface area contributed by atoms with Gasteiger partial charge in [0.1, 0.15) is 11.5 Å². The van der Waals surface area contributed by atoms with Gasteiger partial charge < -0.3 is 15.3 Å². The summed E-state index contributed by atoms with van der Waals surface area (Å²) in [6.45, 7) is 4.02. The van der Waals surface area contributed by atoms with Crippen LogP contribution in [0.4, 0.5) is 0 Å². The van der Waals surface area contributed by atoms with E-state index < -0.39 is 0 Å². The highest BCUT2D eigenvalue weighted by Gasteiger charge is 1.97. The number of benzene rings is 1. The average Bonchev–Trinajstić information content (AvgIpc) is 2.06. The van der Waals surface area contributed by atoms with Crippen molar-refractivity contribution in [1.82, 2.24) is 0 Å². The number of aromatic hydroxyl groups is 2. The molecule has 0 atom stereocenters. The Kier molecular flexibility index (Phi) is 5.72. The van der Waals surface area contributed by atoms with Crippen molar-refractivity contribution in [3.63, 3.8) is 0 Å². The molecule has 1 aromatic carbocycles. The van der Waals surface area contributed by atoms with Crippen LogP contribution in [0.3, 0.4) is 0 Å². The maximum atomic E-state index is 8.98. The third-order valence-electron chi connectivity index (χ3n) is 1.36. The number of rotatable bonds is 2. The average molecular weight is 184 g/mol. The standard InChI is InChI=1S/C8H10O3.C2H6/c9-2-1-6-3-7(10)5-8(11)4-6;1-2/h3-5,9-11H,1-2H2;1-2H3. The van der Waals surface area contributed by atoms with Gasteiger partial charge in [0, 0.05) is 12.7 Å². The molecular formula is C10H16O3. The minimum absolute atomic E-state index is 0.0168. The molecule has 0 fully saturated rings. The second-order valence-electron chi connectivity index (χ2n) is 2.33. The summed E-state index contributed by atoms with van der Waals surface area (Å²) in [5.41, 5.74) is 0.727. The first kappa shape index (κ1) is 11.8. The Morgan fingerprint density at radius 3 is 1.85 bits per heavy atom. The molecule has 3 heteroatoms. The molecule has 0 saturated carbocycles. The number of aliphatic hydroxyl groups is 1. The van der Waals surface area contributed by atoms with Gasteiger partial charge >= 0.3 is 0 Å². The first-order chi connectivity index (χ1) is 6.22. The zero-order valence-electron chi connectivity index (χ0n) is 7.99. The second-order valence-corrected chi connectivity index (χ2v) is 2.33. The zero-order chi connectivity index (χ0) is 10.3. The van der Waals surface area contributed by atoms with Gasteiger partial charge in [-0.1, -0.05) is 13.8 Å². The van der Waals surface area contributed by atoms with E-state index in [9.17, 15) is 0 Å². The summed E-state index contributed by atoms with van der Waals surface area (Å²) in [6, 6.07) is 4.27. The molecule has 3 N–H and O–H groups in total. The molecule has 0 aliphatic carbocycles. The normalized spacial score (nSPS) is 8.85. The van der Waals surface area contributed by atoms with Crippen LogP contribution in [0.5, 0.6) is 11.5 Å². The first-order valence-electron chi connectivity index (χ1n) is 4.35. The minimum atomic E-state index is 0.0168. The maximum absolute atomic E-state index is 8.98. The molecule has 0 bridgehead atoms. The van der Waals surface area contributed by atoms with Crippen molar-refractivity contribution in [1.29, 1.82) is 0 Å². The highest BCUT2D eigenvalue weighted by Crippen LogP contribution is 2.20. The molecule has 74 valence electrons. The van der Waals surface area contributed by atoms with Gasteiger partial charge in [-0.05, 0) is 24.1 Å². The van der Waals surface area contributed by atoms with E-state index in [2.05, 4.69) is 0 Å². The lowest BCUT2D eigenvalue weighted by molar-refractivity contribution is 0.299. The molecule has 0 aliphatic heterocycles. The largest absolute Gasteiger partial charge is 0.508 e. The molecule has 1 aromatic rings. The molecule has 13 heavy (non-hydrogen) atoms. The molecular weight excluding hydrogens is 168 g/mol. The fraction of sp³-hybridized carbons (Fsp3) is 0.400. The van der Waals surface area contributed by atoms with Crippen LogP contribution in [-0.4, -0.2) is 21.9 Å². The van der Waals surface area contributed by atoms with Crippen LogP contribution in [0, 0.1) is 0 Å². The topological polar surface area (TPSA) is 60.7 Å². The van der Waals surface area contributed by atoms with E-state index in [0.29, 0.717) is 6.42 Å². The van der Waals surface area contributed by atoms with Crippen LogP contribution in [0.1, 0.15) is 19.4 Å². The summed E-state index contributed by atoms with van der Waals surface area (Å²) >= 11 is 0. The second kappa shape index (κ2) is 6.31. The third kappa shape index (κ3) is 4.38. The highest BCUT2D eigenvalue weighted by atomic mass is 16.3. The number of phenols is 2. The van der Waals surface area contributed by atoms with Crippen LogP contribution in [0.15, 0.2) is 18.2 Å². The van der Waals surface area contributed by atoms with E-state index in [1.54, 1.807) is 0 Å². The lowest BCUT2D eigenvalue weighted by Crippen LogP contribution is -1.89. The molecule has 0 radical (unpaired) electrons. The third-order valence-corrected chi connectivity index (χ3v) is 1.36. The van der Waals surface area contributed by atoms with Crippen LogP contribution < -0.4 is 0 Å². The van der Waals surface area contributed by atoms with Crippen LogP contribution in [0.2, 0.25) is 0 Å². The number of phenolic OH excluding ortho intramolecular Hbond substituents is 2. The van der Waals surface area contributed by atoms with E-state index in [-0.39, 0.29) is 18.1 Å². The Labute approximate surface area is 78.3 Å². The summed E-state index contributed by atoms with van der Waals surface area (Å²) in [5, 5.41) is 26.5. The van der Waals surface area contributed by atoms with Gasteiger partial charge in [0.15, 0.2) is 0 Å². The molecule has 0 aromatic heterocycles. The quantitative estimate of drug-likeness (QED) is 0.655. The Balaban J connectivity index is 0.000000671. The van der Waals surface area contributed by atoms with E-state index >= 15 is 0 Å². The van der Waals surface area contributed by atoms with E-state index in [0.717, 1.165) is 5.56 Å². The Bertz CT molecular complexity index is 226. The Morgan fingerprint density at radius 1 is 1.00 bits per heavy atom. The number of hydrogen-bond donors (Lipinski definition) is 3. The smallest absolute Gasteiger partial charge is 0.119 e. The summed E-state index contributed by atoms with van der Waals surface area (Å²) in [5.74, 6) is 0.0434. The predicted octanol–water partition coefficient (Wildman–Crippen LogP) is 1.66. The van der Waals surface area contributed by atoms with Gasteiger partial charge in [-0.3, -0.25) is 0 Å². The molecule has 3 nitrogen and oxygen atoms in total. The lowest BCUT2D eigenvalue weighted by Gasteiger charge is -2.00. The van der Waals surface area contributed by atoms with Crippen molar-refractivity contribution in [3.8, 4) is 11.5 Å². The SMILES string of the molecule is CC.OCCc1cc(O)cc(O)c1. The van der Waals surface area contributed by atoms with E-state index in [4.69, 9.17) is 15.3 Å². The number of aliphatic hydroxyl groups excluding tert-OH is 1. The van der Waals surface area contributed by atoms with Gasteiger partial charge in [0.25, 0.3) is 0 Å². The zero-order valence-corrected chi connectivity index (χ0v) is 7.99. The first-order valence-corrected chi connectivity index (χ1v) is 4.35. The lowest BCUT2D eigenvalue weighted by atomic mass is 10.1. The fourth-order valence-corrected chi connectivity index (χ4v) is 0.930. The molecule has 0 aliphatic rings. The van der Waals surface area contributed by atoms with Gasteiger partial charge in [0.2, 0.25) is 0 Å². The van der Waals surface area contributed by atoms with Gasteiger partial charge in [-0.2, -0.15) is 0 Å². The van der Waals surface area contributed by atoms with Crippen molar-refractivity contribution in [2.75, 3.05) is 6.61 Å². The minimum Gasteiger partial charge on any atom is -0.508 e. The van der Waals surface area contributed by atoms with Crippen molar-refractivity contribution >= 4 is 0 Å². The summed E-state index contributed by atoms with van der Waals surface area (Å²) in [6.07, 6.45) is 0.446. The van der Waals surface area contributed by atoms with E-state index in [1.165, 1.54) is 18.2 Å². The molecule has 1 rings (SSSR count). The Morgan fingerprint density at radius 2 is 1.46 bits per heavy atom. The van der Waals surface area contributed by atoms with Gasteiger partial charge in [0.05, 0.1) is 0 Å². The highest BCUT2D eigenvalue weighted by molar-refractivity contribution is 5.36. The monoisotopic (exact) mass is 184 g/mol. The van der Waals surface area contributed by atoms with Crippen molar-refractivity contribution < 1.29 is 15.3 Å². The maximum Gasteiger partial charge on any atom is 0.119 e. The molecule has 0 amide bonds. The van der Waals surface area contributed by atoms with Gasteiger partial charge in [-0.15, -0.1) is 0 Å². The molecule has 0 heterocycles. The molecule has 0 unspecified atom stereocenters. The van der Waals surface area contributed by atoms with Crippen molar-refractivity contribution in [2.24, 2.45) is 0 Å². The van der Waals surface area contributed by atoms with Crippen LogP contribution in [0.25, 0.3) is 0 Å². The summed E-state index contributed by atoms with van der Waals surface area (Å²) in [7, 11) is 0. The number of hydrogen-bond acceptors (Lipinski definition) is 3.